The van der Waals surface area contributed by atoms with Crippen LogP contribution in [0.5, 0.6) is 5.88 Å². The molecule has 7 nitrogen and oxygen atoms in total. The molecule has 0 fully saturated rings. The SMILES string of the molecule is CC(C)Oc1ccc(C(=O)NCc2ccccc2[N+](=O)[O-])cn1. The predicted molar refractivity (Wildman–Crippen MR) is 84.3 cm³/mol. The first-order valence-corrected chi connectivity index (χ1v) is 7.10. The molecule has 0 spiro atoms. The summed E-state index contributed by atoms with van der Waals surface area (Å²) < 4.78 is 5.40. The maximum atomic E-state index is 12.1. The number of amides is 1. The van der Waals surface area contributed by atoms with Crippen molar-refractivity contribution in [3.05, 3.63) is 63.8 Å². The Hall–Kier alpha value is -2.96. The molecule has 0 aliphatic heterocycles. The Bertz CT molecular complexity index is 699. The molecule has 0 aliphatic rings. The molecule has 0 atom stereocenters. The molecule has 0 radical (unpaired) electrons. The van der Waals surface area contributed by atoms with E-state index in [1.165, 1.54) is 12.3 Å². The lowest BCUT2D eigenvalue weighted by Gasteiger charge is -2.09. The van der Waals surface area contributed by atoms with Gasteiger partial charge in [0, 0.05) is 30.4 Å². The van der Waals surface area contributed by atoms with E-state index in [2.05, 4.69) is 10.3 Å². The van der Waals surface area contributed by atoms with Crippen molar-refractivity contribution in [3.63, 3.8) is 0 Å². The Morgan fingerprint density at radius 3 is 2.65 bits per heavy atom. The van der Waals surface area contributed by atoms with Crippen molar-refractivity contribution in [3.8, 4) is 5.88 Å². The summed E-state index contributed by atoms with van der Waals surface area (Å²) in [5.41, 5.74) is 0.782. The fraction of sp³-hybridized carbons (Fsp3) is 0.250. The highest BCUT2D eigenvalue weighted by Crippen LogP contribution is 2.17. The van der Waals surface area contributed by atoms with Gasteiger partial charge in [0.25, 0.3) is 11.6 Å². The first-order valence-electron chi connectivity index (χ1n) is 7.10. The summed E-state index contributed by atoms with van der Waals surface area (Å²) in [4.78, 5) is 26.6. The molecule has 23 heavy (non-hydrogen) atoms. The van der Waals surface area contributed by atoms with Gasteiger partial charge in [-0.3, -0.25) is 14.9 Å². The Morgan fingerprint density at radius 2 is 2.04 bits per heavy atom. The average Bonchev–Trinajstić information content (AvgIpc) is 2.53. The normalized spacial score (nSPS) is 10.4. The zero-order valence-electron chi connectivity index (χ0n) is 12.9. The van der Waals surface area contributed by atoms with Crippen molar-refractivity contribution in [1.29, 1.82) is 0 Å². The summed E-state index contributed by atoms with van der Waals surface area (Å²) in [5, 5.41) is 13.6. The molecule has 0 saturated carbocycles. The van der Waals surface area contributed by atoms with Gasteiger partial charge < -0.3 is 10.1 Å². The molecule has 0 bridgehead atoms. The molecule has 1 N–H and O–H groups in total. The quantitative estimate of drug-likeness (QED) is 0.653. The second-order valence-electron chi connectivity index (χ2n) is 5.12. The number of nitrogens with one attached hydrogen (secondary N) is 1. The number of para-hydroxylation sites is 1. The van der Waals surface area contributed by atoms with E-state index in [0.717, 1.165) is 0 Å². The largest absolute Gasteiger partial charge is 0.475 e. The Balaban J connectivity index is 2.01. The number of aromatic nitrogens is 1. The molecule has 0 saturated heterocycles. The molecule has 0 aliphatic carbocycles. The van der Waals surface area contributed by atoms with Crippen LogP contribution in [-0.2, 0) is 6.54 Å². The van der Waals surface area contributed by atoms with E-state index in [9.17, 15) is 14.9 Å². The first kappa shape index (κ1) is 16.4. The third-order valence-electron chi connectivity index (χ3n) is 2.98. The van der Waals surface area contributed by atoms with Crippen molar-refractivity contribution in [1.82, 2.24) is 10.3 Å². The van der Waals surface area contributed by atoms with Crippen molar-refractivity contribution in [2.24, 2.45) is 0 Å². The van der Waals surface area contributed by atoms with E-state index in [-0.39, 0.29) is 24.2 Å². The van der Waals surface area contributed by atoms with Crippen LogP contribution in [0.1, 0.15) is 29.8 Å². The number of benzene rings is 1. The number of carbonyl (C=O) groups excluding carboxylic acids is 1. The smallest absolute Gasteiger partial charge is 0.274 e. The second-order valence-corrected chi connectivity index (χ2v) is 5.12. The lowest BCUT2D eigenvalue weighted by atomic mass is 10.1. The Kier molecular flexibility index (Phi) is 5.24. The van der Waals surface area contributed by atoms with Crippen LogP contribution < -0.4 is 10.1 Å². The van der Waals surface area contributed by atoms with Gasteiger partial charge >= 0.3 is 0 Å². The summed E-state index contributed by atoms with van der Waals surface area (Å²) in [6.45, 7) is 3.84. The number of hydrogen-bond donors (Lipinski definition) is 1. The minimum absolute atomic E-state index is 0.000747. The average molecular weight is 315 g/mol. The molecular formula is C16H17N3O4. The van der Waals surface area contributed by atoms with E-state index in [1.54, 1.807) is 30.3 Å². The van der Waals surface area contributed by atoms with Gasteiger partial charge in [0.05, 0.1) is 16.6 Å². The highest BCUT2D eigenvalue weighted by Gasteiger charge is 2.14. The highest BCUT2D eigenvalue weighted by molar-refractivity contribution is 5.93. The molecule has 1 heterocycles. The van der Waals surface area contributed by atoms with E-state index in [1.807, 2.05) is 13.8 Å². The minimum Gasteiger partial charge on any atom is -0.475 e. The summed E-state index contributed by atoms with van der Waals surface area (Å²) in [6, 6.07) is 9.49. The van der Waals surface area contributed by atoms with Crippen LogP contribution >= 0.6 is 0 Å². The highest BCUT2D eigenvalue weighted by atomic mass is 16.6. The second kappa shape index (κ2) is 7.35. The molecule has 7 heteroatoms. The van der Waals surface area contributed by atoms with Gasteiger partial charge in [-0.15, -0.1) is 0 Å². The maximum absolute atomic E-state index is 12.1. The number of ether oxygens (including phenoxy) is 1. The minimum atomic E-state index is -0.471. The Morgan fingerprint density at radius 1 is 1.30 bits per heavy atom. The number of nitro groups is 1. The summed E-state index contributed by atoms with van der Waals surface area (Å²) in [7, 11) is 0. The third kappa shape index (κ3) is 4.50. The van der Waals surface area contributed by atoms with E-state index < -0.39 is 4.92 Å². The fourth-order valence-corrected chi connectivity index (χ4v) is 1.94. The summed E-state index contributed by atoms with van der Waals surface area (Å²) in [6.07, 6.45) is 1.41. The van der Waals surface area contributed by atoms with Gasteiger partial charge in [0.2, 0.25) is 5.88 Å². The van der Waals surface area contributed by atoms with Crippen molar-refractivity contribution in [2.45, 2.75) is 26.5 Å². The molecule has 1 amide bonds. The first-order chi connectivity index (χ1) is 11.0. The van der Waals surface area contributed by atoms with E-state index in [4.69, 9.17) is 4.74 Å². The molecular weight excluding hydrogens is 298 g/mol. The number of carbonyl (C=O) groups is 1. The summed E-state index contributed by atoms with van der Waals surface area (Å²) in [5.74, 6) is 0.0852. The number of hydrogen-bond acceptors (Lipinski definition) is 5. The number of nitrogens with zero attached hydrogens (tertiary/aromatic N) is 2. The molecule has 2 rings (SSSR count). The molecule has 2 aromatic rings. The summed E-state index contributed by atoms with van der Waals surface area (Å²) >= 11 is 0. The lowest BCUT2D eigenvalue weighted by molar-refractivity contribution is -0.385. The molecule has 0 unspecified atom stereocenters. The molecule has 1 aromatic heterocycles. The zero-order chi connectivity index (χ0) is 16.8. The van der Waals surface area contributed by atoms with Crippen molar-refractivity contribution >= 4 is 11.6 Å². The van der Waals surface area contributed by atoms with Gasteiger partial charge in [0.1, 0.15) is 0 Å². The van der Waals surface area contributed by atoms with Crippen LogP contribution in [0.15, 0.2) is 42.6 Å². The van der Waals surface area contributed by atoms with Gasteiger partial charge in [-0.25, -0.2) is 4.98 Å². The van der Waals surface area contributed by atoms with E-state index >= 15 is 0 Å². The zero-order valence-corrected chi connectivity index (χ0v) is 12.9. The van der Waals surface area contributed by atoms with Crippen LogP contribution in [-0.4, -0.2) is 21.9 Å². The van der Waals surface area contributed by atoms with Gasteiger partial charge in [-0.05, 0) is 19.9 Å². The number of pyridine rings is 1. The van der Waals surface area contributed by atoms with Crippen LogP contribution in [0.2, 0.25) is 0 Å². The number of rotatable bonds is 6. The van der Waals surface area contributed by atoms with Gasteiger partial charge in [-0.2, -0.15) is 0 Å². The third-order valence-corrected chi connectivity index (χ3v) is 2.98. The van der Waals surface area contributed by atoms with Crippen molar-refractivity contribution < 1.29 is 14.5 Å². The van der Waals surface area contributed by atoms with Crippen LogP contribution in [0.25, 0.3) is 0 Å². The van der Waals surface area contributed by atoms with Gasteiger partial charge in [-0.1, -0.05) is 18.2 Å². The predicted octanol–water partition coefficient (Wildman–Crippen LogP) is 2.71. The maximum Gasteiger partial charge on any atom is 0.274 e. The van der Waals surface area contributed by atoms with Crippen LogP contribution in [0.3, 0.4) is 0 Å². The number of nitro benzene ring substituents is 1. The monoisotopic (exact) mass is 315 g/mol. The van der Waals surface area contributed by atoms with Crippen molar-refractivity contribution in [2.75, 3.05) is 0 Å². The fourth-order valence-electron chi connectivity index (χ4n) is 1.94. The lowest BCUT2D eigenvalue weighted by Crippen LogP contribution is -2.23. The molecule has 1 aromatic carbocycles. The van der Waals surface area contributed by atoms with Gasteiger partial charge in [0.15, 0.2) is 0 Å². The van der Waals surface area contributed by atoms with Crippen LogP contribution in [0.4, 0.5) is 5.69 Å². The standard InChI is InChI=1S/C16H17N3O4/c1-11(2)23-15-8-7-13(10-17-15)16(20)18-9-12-5-3-4-6-14(12)19(21)22/h3-8,10-11H,9H2,1-2H3,(H,18,20). The molecule has 120 valence electrons. The Labute approximate surface area is 133 Å². The van der Waals surface area contributed by atoms with E-state index in [0.29, 0.717) is 17.0 Å². The topological polar surface area (TPSA) is 94.4 Å². The van der Waals surface area contributed by atoms with Crippen LogP contribution in [0, 0.1) is 10.1 Å².